The van der Waals surface area contributed by atoms with Gasteiger partial charge in [0, 0.05) is 23.1 Å². The van der Waals surface area contributed by atoms with Gasteiger partial charge in [-0.25, -0.2) is 8.42 Å². The van der Waals surface area contributed by atoms with Crippen LogP contribution in [-0.2, 0) is 20.6 Å². The molecule has 1 N–H and O–H groups in total. The van der Waals surface area contributed by atoms with Crippen LogP contribution in [0.5, 0.6) is 0 Å². The minimum absolute atomic E-state index is 0.234. The molecule has 0 saturated heterocycles. The number of amides is 1. The van der Waals surface area contributed by atoms with Crippen molar-refractivity contribution in [2.45, 2.75) is 19.6 Å². The van der Waals surface area contributed by atoms with E-state index in [1.54, 1.807) is 17.8 Å². The number of sulfonamides is 1. The van der Waals surface area contributed by atoms with Crippen molar-refractivity contribution < 1.29 is 13.2 Å². The zero-order valence-electron chi connectivity index (χ0n) is 16.2. The van der Waals surface area contributed by atoms with Crippen molar-refractivity contribution in [2.24, 2.45) is 0 Å². The summed E-state index contributed by atoms with van der Waals surface area (Å²) in [6, 6.07) is 13.2. The quantitative estimate of drug-likeness (QED) is 0.602. The highest BCUT2D eigenvalue weighted by Gasteiger charge is 2.22. The number of hydrogen-bond acceptors (Lipinski definition) is 4. The second-order valence-corrected chi connectivity index (χ2v) is 10.0. The Kier molecular flexibility index (Phi) is 8.22. The molecule has 0 saturated carbocycles. The summed E-state index contributed by atoms with van der Waals surface area (Å²) in [7, 11) is -3.57. The number of carbonyl (C=O) groups is 1. The van der Waals surface area contributed by atoms with Gasteiger partial charge in [0.1, 0.15) is 6.54 Å². The van der Waals surface area contributed by atoms with Crippen LogP contribution in [0.4, 0.5) is 5.69 Å². The first kappa shape index (κ1) is 22.6. The number of benzene rings is 2. The maximum absolute atomic E-state index is 12.3. The van der Waals surface area contributed by atoms with Gasteiger partial charge in [0.2, 0.25) is 15.9 Å². The van der Waals surface area contributed by atoms with Crippen LogP contribution in [0.3, 0.4) is 0 Å². The normalized spacial score (nSPS) is 11.3. The number of aryl methyl sites for hydroxylation is 2. The first-order chi connectivity index (χ1) is 13.2. The van der Waals surface area contributed by atoms with Gasteiger partial charge in [-0.3, -0.25) is 9.10 Å². The average molecular weight is 441 g/mol. The summed E-state index contributed by atoms with van der Waals surface area (Å²) in [5.74, 6) is 1.20. The Hall–Kier alpha value is -1.70. The molecular weight excluding hydrogens is 416 g/mol. The lowest BCUT2D eigenvalue weighted by molar-refractivity contribution is -0.119. The third-order valence-electron chi connectivity index (χ3n) is 4.05. The van der Waals surface area contributed by atoms with Gasteiger partial charge < -0.3 is 5.32 Å². The fraction of sp³-hybridized carbons (Fsp3) is 0.350. The van der Waals surface area contributed by atoms with Gasteiger partial charge in [0.15, 0.2) is 0 Å². The topological polar surface area (TPSA) is 66.5 Å². The number of rotatable bonds is 9. The predicted octanol–water partition coefficient (Wildman–Crippen LogP) is 3.77. The summed E-state index contributed by atoms with van der Waals surface area (Å²) >= 11 is 7.64. The Bertz CT molecular complexity index is 933. The standard InChI is InChI=1S/C20H25ClN2O3S2/c1-15-7-8-16(2)19(11-15)23(28(3,25)26)13-20(24)22-9-10-27-14-17-5-4-6-18(21)12-17/h4-8,11-12H,9-10,13-14H2,1-3H3,(H,22,24). The van der Waals surface area contributed by atoms with Crippen LogP contribution in [0.2, 0.25) is 5.02 Å². The van der Waals surface area contributed by atoms with Crippen molar-refractivity contribution in [3.63, 3.8) is 0 Å². The summed E-state index contributed by atoms with van der Waals surface area (Å²) < 4.78 is 25.6. The Labute approximate surface area is 176 Å². The highest BCUT2D eigenvalue weighted by atomic mass is 35.5. The van der Waals surface area contributed by atoms with Crippen molar-refractivity contribution in [1.29, 1.82) is 0 Å². The maximum atomic E-state index is 12.3. The SMILES string of the molecule is Cc1ccc(C)c(N(CC(=O)NCCSCc2cccc(Cl)c2)S(C)(=O)=O)c1. The molecule has 2 rings (SSSR count). The molecule has 0 radical (unpaired) electrons. The number of nitrogens with zero attached hydrogens (tertiary/aromatic N) is 1. The lowest BCUT2D eigenvalue weighted by Gasteiger charge is -2.24. The summed E-state index contributed by atoms with van der Waals surface area (Å²) in [5, 5.41) is 3.50. The molecule has 0 spiro atoms. The van der Waals surface area contributed by atoms with Gasteiger partial charge in [-0.1, -0.05) is 35.9 Å². The second kappa shape index (κ2) is 10.2. The van der Waals surface area contributed by atoms with E-state index in [-0.39, 0.29) is 12.5 Å². The largest absolute Gasteiger partial charge is 0.354 e. The van der Waals surface area contributed by atoms with Gasteiger partial charge in [-0.05, 0) is 48.7 Å². The number of hydrogen-bond donors (Lipinski definition) is 1. The molecule has 28 heavy (non-hydrogen) atoms. The number of thioether (sulfide) groups is 1. The molecule has 0 aliphatic heterocycles. The molecule has 2 aromatic carbocycles. The summed E-state index contributed by atoms with van der Waals surface area (Å²) in [4.78, 5) is 12.3. The monoisotopic (exact) mass is 440 g/mol. The number of nitrogens with one attached hydrogen (secondary N) is 1. The molecule has 1 amide bonds. The van der Waals surface area contributed by atoms with Crippen LogP contribution in [0.1, 0.15) is 16.7 Å². The lowest BCUT2D eigenvalue weighted by Crippen LogP contribution is -2.41. The third-order valence-corrected chi connectivity index (χ3v) is 6.44. The lowest BCUT2D eigenvalue weighted by atomic mass is 10.1. The minimum atomic E-state index is -3.57. The molecule has 0 aliphatic rings. The third kappa shape index (κ3) is 7.04. The molecule has 2 aromatic rings. The minimum Gasteiger partial charge on any atom is -0.354 e. The molecule has 0 unspecified atom stereocenters. The van der Waals surface area contributed by atoms with Crippen molar-refractivity contribution in [1.82, 2.24) is 5.32 Å². The van der Waals surface area contributed by atoms with Crippen LogP contribution < -0.4 is 9.62 Å². The van der Waals surface area contributed by atoms with Crippen molar-refractivity contribution in [3.05, 3.63) is 64.2 Å². The molecule has 0 heterocycles. The highest BCUT2D eigenvalue weighted by molar-refractivity contribution is 7.98. The molecule has 0 fully saturated rings. The van der Waals surface area contributed by atoms with Crippen LogP contribution >= 0.6 is 23.4 Å². The van der Waals surface area contributed by atoms with Crippen molar-refractivity contribution in [3.8, 4) is 0 Å². The Morgan fingerprint density at radius 1 is 1.18 bits per heavy atom. The molecular formula is C20H25ClN2O3S2. The Morgan fingerprint density at radius 3 is 2.61 bits per heavy atom. The van der Waals surface area contributed by atoms with Gasteiger partial charge in [0.05, 0.1) is 11.9 Å². The first-order valence-corrected chi connectivity index (χ1v) is 12.2. The summed E-state index contributed by atoms with van der Waals surface area (Å²) in [6.45, 7) is 3.95. The van der Waals surface area contributed by atoms with Crippen molar-refractivity contribution >= 4 is 45.0 Å². The van der Waals surface area contributed by atoms with Crippen LogP contribution in [0.25, 0.3) is 0 Å². The first-order valence-electron chi connectivity index (χ1n) is 8.80. The van der Waals surface area contributed by atoms with Gasteiger partial charge in [-0.15, -0.1) is 0 Å². The average Bonchev–Trinajstić information content (AvgIpc) is 2.61. The van der Waals surface area contributed by atoms with Crippen LogP contribution in [-0.4, -0.2) is 39.4 Å². The Morgan fingerprint density at radius 2 is 1.93 bits per heavy atom. The molecule has 0 aromatic heterocycles. The molecule has 0 bridgehead atoms. The van der Waals surface area contributed by atoms with E-state index in [1.807, 2.05) is 50.2 Å². The predicted molar refractivity (Wildman–Crippen MR) is 119 cm³/mol. The number of carbonyl (C=O) groups excluding carboxylic acids is 1. The van der Waals surface area contributed by atoms with Gasteiger partial charge in [0.25, 0.3) is 0 Å². The molecule has 0 atom stereocenters. The zero-order chi connectivity index (χ0) is 20.7. The Balaban J connectivity index is 1.87. The number of anilines is 1. The van der Waals surface area contributed by atoms with E-state index in [0.29, 0.717) is 17.3 Å². The van der Waals surface area contributed by atoms with Gasteiger partial charge in [-0.2, -0.15) is 11.8 Å². The fourth-order valence-corrected chi connectivity index (χ4v) is 4.56. The highest BCUT2D eigenvalue weighted by Crippen LogP contribution is 2.23. The zero-order valence-corrected chi connectivity index (χ0v) is 18.6. The van der Waals surface area contributed by atoms with Crippen LogP contribution in [0, 0.1) is 13.8 Å². The molecule has 152 valence electrons. The molecule has 5 nitrogen and oxygen atoms in total. The molecule has 0 aliphatic carbocycles. The van der Waals surface area contributed by atoms with E-state index < -0.39 is 10.0 Å². The maximum Gasteiger partial charge on any atom is 0.240 e. The summed E-state index contributed by atoms with van der Waals surface area (Å²) in [5.41, 5.74) is 3.41. The van der Waals surface area contributed by atoms with E-state index in [9.17, 15) is 13.2 Å². The number of halogens is 1. The van der Waals surface area contributed by atoms with Gasteiger partial charge >= 0.3 is 0 Å². The smallest absolute Gasteiger partial charge is 0.240 e. The second-order valence-electron chi connectivity index (χ2n) is 6.59. The summed E-state index contributed by atoms with van der Waals surface area (Å²) in [6.07, 6.45) is 1.11. The fourth-order valence-electron chi connectivity index (χ4n) is 2.63. The van der Waals surface area contributed by atoms with E-state index in [2.05, 4.69) is 5.32 Å². The van der Waals surface area contributed by atoms with E-state index in [4.69, 9.17) is 11.6 Å². The van der Waals surface area contributed by atoms with Crippen LogP contribution in [0.15, 0.2) is 42.5 Å². The molecule has 8 heteroatoms. The van der Waals surface area contributed by atoms with E-state index in [1.165, 1.54) is 0 Å². The van der Waals surface area contributed by atoms with E-state index >= 15 is 0 Å². The van der Waals surface area contributed by atoms with E-state index in [0.717, 1.165) is 38.8 Å². The van der Waals surface area contributed by atoms with Crippen molar-refractivity contribution in [2.75, 3.05) is 29.4 Å².